The standard InChI is InChI=1S/C16H14O4/c1-3-11-5-4-6-12-7-14(20-10-19-2)8-13(16(11)12)9-15(17)18/h1,4-8H,9-10H2,2H3,(H,17,18). The first-order valence-electron chi connectivity index (χ1n) is 6.01. The van der Waals surface area contributed by atoms with Gasteiger partial charge in [-0.3, -0.25) is 4.79 Å². The van der Waals surface area contributed by atoms with Gasteiger partial charge in [-0.2, -0.15) is 0 Å². The summed E-state index contributed by atoms with van der Waals surface area (Å²) in [6.45, 7) is 0.104. The number of methoxy groups -OCH3 is 1. The minimum absolute atomic E-state index is 0.104. The van der Waals surface area contributed by atoms with Crippen LogP contribution in [0.5, 0.6) is 5.75 Å². The van der Waals surface area contributed by atoms with E-state index in [1.165, 1.54) is 7.11 Å². The molecule has 0 unspecified atom stereocenters. The summed E-state index contributed by atoms with van der Waals surface area (Å²) in [5, 5.41) is 10.7. The minimum Gasteiger partial charge on any atom is -0.481 e. The summed E-state index contributed by atoms with van der Waals surface area (Å²) < 4.78 is 10.2. The molecule has 4 nitrogen and oxygen atoms in total. The monoisotopic (exact) mass is 270 g/mol. The van der Waals surface area contributed by atoms with Gasteiger partial charge in [-0.1, -0.05) is 18.1 Å². The van der Waals surface area contributed by atoms with Gasteiger partial charge in [0, 0.05) is 18.1 Å². The van der Waals surface area contributed by atoms with E-state index in [-0.39, 0.29) is 13.2 Å². The van der Waals surface area contributed by atoms with Crippen molar-refractivity contribution in [2.24, 2.45) is 0 Å². The Morgan fingerprint density at radius 3 is 2.85 bits per heavy atom. The SMILES string of the molecule is C#Cc1cccc2cc(OCOC)cc(CC(=O)O)c12. The van der Waals surface area contributed by atoms with Crippen molar-refractivity contribution in [3.63, 3.8) is 0 Å². The molecule has 0 aliphatic carbocycles. The van der Waals surface area contributed by atoms with Crippen LogP contribution < -0.4 is 4.74 Å². The second-order valence-corrected chi connectivity index (χ2v) is 4.25. The molecule has 2 aromatic carbocycles. The normalized spacial score (nSPS) is 10.2. The number of aliphatic carboxylic acids is 1. The van der Waals surface area contributed by atoms with Crippen molar-refractivity contribution in [3.8, 4) is 18.1 Å². The number of benzene rings is 2. The lowest BCUT2D eigenvalue weighted by Gasteiger charge is -2.11. The third kappa shape index (κ3) is 2.90. The van der Waals surface area contributed by atoms with Gasteiger partial charge in [-0.25, -0.2) is 0 Å². The van der Waals surface area contributed by atoms with Crippen molar-refractivity contribution in [2.45, 2.75) is 6.42 Å². The number of carboxylic acids is 1. The first-order chi connectivity index (χ1) is 9.65. The van der Waals surface area contributed by atoms with Gasteiger partial charge in [0.1, 0.15) is 5.75 Å². The summed E-state index contributed by atoms with van der Waals surface area (Å²) in [6, 6.07) is 9.02. The van der Waals surface area contributed by atoms with Crippen LogP contribution in [0.15, 0.2) is 30.3 Å². The molecule has 102 valence electrons. The quantitative estimate of drug-likeness (QED) is 0.669. The average Bonchev–Trinajstić information content (AvgIpc) is 2.43. The van der Waals surface area contributed by atoms with Crippen LogP contribution >= 0.6 is 0 Å². The fourth-order valence-corrected chi connectivity index (χ4v) is 2.12. The first-order valence-corrected chi connectivity index (χ1v) is 6.01. The molecule has 20 heavy (non-hydrogen) atoms. The summed E-state index contributed by atoms with van der Waals surface area (Å²) in [6.07, 6.45) is 5.37. The van der Waals surface area contributed by atoms with Gasteiger partial charge in [0.15, 0.2) is 6.79 Å². The van der Waals surface area contributed by atoms with Crippen molar-refractivity contribution in [2.75, 3.05) is 13.9 Å². The van der Waals surface area contributed by atoms with Crippen LogP contribution in [0, 0.1) is 12.3 Å². The van der Waals surface area contributed by atoms with Crippen molar-refractivity contribution in [1.82, 2.24) is 0 Å². The van der Waals surface area contributed by atoms with Crippen molar-refractivity contribution in [1.29, 1.82) is 0 Å². The van der Waals surface area contributed by atoms with Gasteiger partial charge >= 0.3 is 5.97 Å². The highest BCUT2D eigenvalue weighted by molar-refractivity contribution is 5.94. The van der Waals surface area contributed by atoms with Crippen LogP contribution in [0.1, 0.15) is 11.1 Å². The lowest BCUT2D eigenvalue weighted by molar-refractivity contribution is -0.136. The maximum atomic E-state index is 11.0. The predicted octanol–water partition coefficient (Wildman–Crippen LogP) is 2.43. The fourth-order valence-electron chi connectivity index (χ4n) is 2.12. The second kappa shape index (κ2) is 6.09. The summed E-state index contributed by atoms with van der Waals surface area (Å²) in [5.74, 6) is 2.23. The number of carbonyl (C=O) groups is 1. The number of ether oxygens (including phenoxy) is 2. The Kier molecular flexibility index (Phi) is 4.24. The average molecular weight is 270 g/mol. The van der Waals surface area contributed by atoms with Gasteiger partial charge in [0.2, 0.25) is 0 Å². The number of hydrogen-bond acceptors (Lipinski definition) is 3. The van der Waals surface area contributed by atoms with Gasteiger partial charge < -0.3 is 14.6 Å². The predicted molar refractivity (Wildman–Crippen MR) is 75.7 cm³/mol. The fraction of sp³-hybridized carbons (Fsp3) is 0.188. The number of rotatable bonds is 5. The molecule has 0 heterocycles. The van der Waals surface area contributed by atoms with E-state index in [0.717, 1.165) is 10.8 Å². The molecule has 0 aromatic heterocycles. The lowest BCUT2D eigenvalue weighted by atomic mass is 9.97. The molecular weight excluding hydrogens is 256 g/mol. The van der Waals surface area contributed by atoms with E-state index in [1.807, 2.05) is 18.2 Å². The second-order valence-electron chi connectivity index (χ2n) is 4.25. The highest BCUT2D eigenvalue weighted by atomic mass is 16.7. The Hall–Kier alpha value is -2.51. The van der Waals surface area contributed by atoms with E-state index in [0.29, 0.717) is 16.9 Å². The number of terminal acetylenes is 1. The number of hydrogen-bond donors (Lipinski definition) is 1. The Balaban J connectivity index is 2.62. The third-order valence-corrected chi connectivity index (χ3v) is 2.87. The highest BCUT2D eigenvalue weighted by Gasteiger charge is 2.11. The van der Waals surface area contributed by atoms with Gasteiger partial charge in [0.05, 0.1) is 6.42 Å². The summed E-state index contributed by atoms with van der Waals surface area (Å²) in [4.78, 5) is 11.0. The molecule has 1 N–H and O–H groups in total. The molecule has 0 atom stereocenters. The molecule has 2 aromatic rings. The highest BCUT2D eigenvalue weighted by Crippen LogP contribution is 2.28. The zero-order chi connectivity index (χ0) is 14.5. The molecule has 4 heteroatoms. The summed E-state index contributed by atoms with van der Waals surface area (Å²) in [5.41, 5.74) is 1.31. The van der Waals surface area contributed by atoms with E-state index in [1.54, 1.807) is 12.1 Å². The maximum Gasteiger partial charge on any atom is 0.307 e. The molecule has 2 rings (SSSR count). The Morgan fingerprint density at radius 1 is 1.40 bits per heavy atom. The number of carboxylic acid groups (broad SMARTS) is 1. The molecule has 0 amide bonds. The molecule has 0 saturated heterocycles. The lowest BCUT2D eigenvalue weighted by Crippen LogP contribution is -2.04. The van der Waals surface area contributed by atoms with Crippen molar-refractivity contribution in [3.05, 3.63) is 41.5 Å². The molecule has 0 saturated carbocycles. The van der Waals surface area contributed by atoms with E-state index < -0.39 is 5.97 Å². The topological polar surface area (TPSA) is 55.8 Å². The maximum absolute atomic E-state index is 11.0. The molecular formula is C16H14O4. The van der Waals surface area contributed by atoms with Crippen LogP contribution in [0.25, 0.3) is 10.8 Å². The first kappa shape index (κ1) is 13.9. The smallest absolute Gasteiger partial charge is 0.307 e. The van der Waals surface area contributed by atoms with E-state index >= 15 is 0 Å². The summed E-state index contributed by atoms with van der Waals surface area (Å²) in [7, 11) is 1.52. The van der Waals surface area contributed by atoms with Crippen LogP contribution in [-0.2, 0) is 16.0 Å². The largest absolute Gasteiger partial charge is 0.481 e. The van der Waals surface area contributed by atoms with Gasteiger partial charge in [-0.15, -0.1) is 6.42 Å². The van der Waals surface area contributed by atoms with Crippen LogP contribution in [0.3, 0.4) is 0 Å². The third-order valence-electron chi connectivity index (χ3n) is 2.87. The van der Waals surface area contributed by atoms with E-state index in [2.05, 4.69) is 5.92 Å². The van der Waals surface area contributed by atoms with E-state index in [4.69, 9.17) is 21.0 Å². The zero-order valence-electron chi connectivity index (χ0n) is 11.1. The van der Waals surface area contributed by atoms with Crippen LogP contribution in [0.2, 0.25) is 0 Å². The van der Waals surface area contributed by atoms with Crippen molar-refractivity contribution < 1.29 is 19.4 Å². The minimum atomic E-state index is -0.915. The molecule has 0 spiro atoms. The molecule has 0 aliphatic heterocycles. The zero-order valence-corrected chi connectivity index (χ0v) is 11.1. The summed E-state index contributed by atoms with van der Waals surface area (Å²) >= 11 is 0. The van der Waals surface area contributed by atoms with Crippen LogP contribution in [-0.4, -0.2) is 25.0 Å². The Morgan fingerprint density at radius 2 is 2.20 bits per heavy atom. The van der Waals surface area contributed by atoms with Crippen molar-refractivity contribution >= 4 is 16.7 Å². The molecule has 0 bridgehead atoms. The molecule has 0 radical (unpaired) electrons. The van der Waals surface area contributed by atoms with Crippen LogP contribution in [0.4, 0.5) is 0 Å². The van der Waals surface area contributed by atoms with Gasteiger partial charge in [0.25, 0.3) is 0 Å². The Bertz CT molecular complexity index is 683. The molecule has 0 aliphatic rings. The Labute approximate surface area is 116 Å². The van der Waals surface area contributed by atoms with E-state index in [9.17, 15) is 4.79 Å². The number of fused-ring (bicyclic) bond motifs is 1. The van der Waals surface area contributed by atoms with Gasteiger partial charge in [-0.05, 0) is 29.1 Å². The molecule has 0 fully saturated rings.